The van der Waals surface area contributed by atoms with Crippen molar-refractivity contribution in [3.05, 3.63) is 36.0 Å². The Bertz CT molecular complexity index is 525. The van der Waals surface area contributed by atoms with E-state index >= 15 is 0 Å². The molecule has 0 aliphatic heterocycles. The average Bonchev–Trinajstić information content (AvgIpc) is 2.95. The SMILES string of the molecule is CCCCN(C)c1cc(NCc2ccco2)nc(C)n1. The first-order valence-corrected chi connectivity index (χ1v) is 7.02. The van der Waals surface area contributed by atoms with Gasteiger partial charge in [-0.1, -0.05) is 13.3 Å². The number of nitrogens with one attached hydrogen (secondary N) is 1. The molecule has 0 aliphatic rings. The van der Waals surface area contributed by atoms with Crippen LogP contribution < -0.4 is 10.2 Å². The second kappa shape index (κ2) is 6.93. The number of hydrogen-bond donors (Lipinski definition) is 1. The van der Waals surface area contributed by atoms with Crippen molar-refractivity contribution in [2.24, 2.45) is 0 Å². The van der Waals surface area contributed by atoms with Crippen LogP contribution in [0.5, 0.6) is 0 Å². The number of aromatic nitrogens is 2. The molecule has 5 heteroatoms. The molecule has 0 amide bonds. The van der Waals surface area contributed by atoms with E-state index in [1.54, 1.807) is 6.26 Å². The van der Waals surface area contributed by atoms with Crippen molar-refractivity contribution in [2.45, 2.75) is 33.2 Å². The summed E-state index contributed by atoms with van der Waals surface area (Å²) in [5.41, 5.74) is 0. The first kappa shape index (κ1) is 14.4. The van der Waals surface area contributed by atoms with Crippen molar-refractivity contribution in [2.75, 3.05) is 23.8 Å². The Morgan fingerprint density at radius 1 is 1.35 bits per heavy atom. The first-order chi connectivity index (χ1) is 9.69. The number of hydrogen-bond acceptors (Lipinski definition) is 5. The lowest BCUT2D eigenvalue weighted by atomic mass is 10.3. The van der Waals surface area contributed by atoms with Gasteiger partial charge in [-0.05, 0) is 25.5 Å². The summed E-state index contributed by atoms with van der Waals surface area (Å²) in [6, 6.07) is 5.80. The lowest BCUT2D eigenvalue weighted by Gasteiger charge is -2.19. The summed E-state index contributed by atoms with van der Waals surface area (Å²) in [5, 5.41) is 3.27. The molecule has 0 saturated carbocycles. The highest BCUT2D eigenvalue weighted by atomic mass is 16.3. The van der Waals surface area contributed by atoms with E-state index in [9.17, 15) is 0 Å². The maximum Gasteiger partial charge on any atom is 0.134 e. The van der Waals surface area contributed by atoms with Crippen LogP contribution in [0.15, 0.2) is 28.9 Å². The van der Waals surface area contributed by atoms with E-state index in [0.717, 1.165) is 36.2 Å². The second-order valence-corrected chi connectivity index (χ2v) is 4.87. The minimum Gasteiger partial charge on any atom is -0.467 e. The van der Waals surface area contributed by atoms with Crippen LogP contribution in [-0.4, -0.2) is 23.6 Å². The Morgan fingerprint density at radius 3 is 2.90 bits per heavy atom. The third-order valence-corrected chi connectivity index (χ3v) is 3.09. The summed E-state index contributed by atoms with van der Waals surface area (Å²) in [5.74, 6) is 3.44. The molecule has 2 rings (SSSR count). The van der Waals surface area contributed by atoms with Crippen LogP contribution in [0.1, 0.15) is 31.4 Å². The number of furan rings is 1. The molecule has 0 unspecified atom stereocenters. The summed E-state index contributed by atoms with van der Waals surface area (Å²) in [6.45, 7) is 5.73. The van der Waals surface area contributed by atoms with Gasteiger partial charge in [0.2, 0.25) is 0 Å². The molecule has 0 aliphatic carbocycles. The lowest BCUT2D eigenvalue weighted by molar-refractivity contribution is 0.517. The Labute approximate surface area is 120 Å². The Balaban J connectivity index is 2.03. The maximum atomic E-state index is 5.30. The van der Waals surface area contributed by atoms with E-state index < -0.39 is 0 Å². The normalized spacial score (nSPS) is 10.6. The second-order valence-electron chi connectivity index (χ2n) is 4.87. The van der Waals surface area contributed by atoms with Gasteiger partial charge in [-0.3, -0.25) is 0 Å². The van der Waals surface area contributed by atoms with Gasteiger partial charge in [0.1, 0.15) is 23.2 Å². The van der Waals surface area contributed by atoms with E-state index in [4.69, 9.17) is 4.42 Å². The van der Waals surface area contributed by atoms with Gasteiger partial charge in [-0.25, -0.2) is 9.97 Å². The fourth-order valence-electron chi connectivity index (χ4n) is 1.94. The summed E-state index contributed by atoms with van der Waals surface area (Å²) in [7, 11) is 2.06. The van der Waals surface area contributed by atoms with Crippen LogP contribution in [0, 0.1) is 6.92 Å². The molecule has 5 nitrogen and oxygen atoms in total. The zero-order valence-corrected chi connectivity index (χ0v) is 12.4. The van der Waals surface area contributed by atoms with Crippen molar-refractivity contribution >= 4 is 11.6 Å². The van der Waals surface area contributed by atoms with Gasteiger partial charge < -0.3 is 14.6 Å². The van der Waals surface area contributed by atoms with Gasteiger partial charge in [0, 0.05) is 19.7 Å². The Kier molecular flexibility index (Phi) is 4.98. The fraction of sp³-hybridized carbons (Fsp3) is 0.467. The lowest BCUT2D eigenvalue weighted by Crippen LogP contribution is -2.20. The largest absolute Gasteiger partial charge is 0.467 e. The van der Waals surface area contributed by atoms with E-state index in [1.807, 2.05) is 25.1 Å². The molecular weight excluding hydrogens is 252 g/mol. The third-order valence-electron chi connectivity index (χ3n) is 3.09. The molecule has 2 aromatic rings. The fourth-order valence-corrected chi connectivity index (χ4v) is 1.94. The number of aryl methyl sites for hydroxylation is 1. The highest BCUT2D eigenvalue weighted by Crippen LogP contribution is 2.16. The minimum absolute atomic E-state index is 0.627. The average molecular weight is 274 g/mol. The molecule has 2 heterocycles. The number of nitrogens with zero attached hydrogens (tertiary/aromatic N) is 3. The quantitative estimate of drug-likeness (QED) is 0.840. The third kappa shape index (κ3) is 3.98. The molecule has 20 heavy (non-hydrogen) atoms. The molecule has 1 N–H and O–H groups in total. The predicted molar refractivity (Wildman–Crippen MR) is 81.0 cm³/mol. The summed E-state index contributed by atoms with van der Waals surface area (Å²) < 4.78 is 5.30. The molecular formula is C15H22N4O. The highest BCUT2D eigenvalue weighted by Gasteiger charge is 2.06. The topological polar surface area (TPSA) is 54.2 Å². The van der Waals surface area contributed by atoms with Crippen LogP contribution in [0.2, 0.25) is 0 Å². The highest BCUT2D eigenvalue weighted by molar-refractivity contribution is 5.49. The summed E-state index contributed by atoms with van der Waals surface area (Å²) >= 11 is 0. The standard InChI is InChI=1S/C15H22N4O/c1-4-5-8-19(3)15-10-14(17-12(2)18-15)16-11-13-7-6-9-20-13/h6-7,9-10H,4-5,8,11H2,1-3H3,(H,16,17,18). The van der Waals surface area contributed by atoms with Gasteiger partial charge in [0.25, 0.3) is 0 Å². The Hall–Kier alpha value is -2.04. The summed E-state index contributed by atoms with van der Waals surface area (Å²) in [4.78, 5) is 11.1. The van der Waals surface area contributed by atoms with Crippen molar-refractivity contribution in [1.29, 1.82) is 0 Å². The van der Waals surface area contributed by atoms with E-state index in [2.05, 4.69) is 34.2 Å². The maximum absolute atomic E-state index is 5.30. The molecule has 0 bridgehead atoms. The van der Waals surface area contributed by atoms with Crippen molar-refractivity contribution in [1.82, 2.24) is 9.97 Å². The van der Waals surface area contributed by atoms with Gasteiger partial charge in [-0.15, -0.1) is 0 Å². The molecule has 0 aromatic carbocycles. The molecule has 2 aromatic heterocycles. The van der Waals surface area contributed by atoms with Gasteiger partial charge in [0.05, 0.1) is 12.8 Å². The Morgan fingerprint density at radius 2 is 2.20 bits per heavy atom. The molecule has 0 atom stereocenters. The molecule has 108 valence electrons. The number of anilines is 2. The van der Waals surface area contributed by atoms with E-state index in [1.165, 1.54) is 6.42 Å². The van der Waals surface area contributed by atoms with Crippen LogP contribution in [-0.2, 0) is 6.54 Å². The minimum atomic E-state index is 0.627. The zero-order chi connectivity index (χ0) is 14.4. The van der Waals surface area contributed by atoms with Crippen molar-refractivity contribution in [3.8, 4) is 0 Å². The number of rotatable bonds is 7. The van der Waals surface area contributed by atoms with Crippen molar-refractivity contribution in [3.63, 3.8) is 0 Å². The first-order valence-electron chi connectivity index (χ1n) is 7.02. The van der Waals surface area contributed by atoms with E-state index in [0.29, 0.717) is 6.54 Å². The van der Waals surface area contributed by atoms with Crippen molar-refractivity contribution < 1.29 is 4.42 Å². The molecule has 0 saturated heterocycles. The molecule has 0 radical (unpaired) electrons. The van der Waals surface area contributed by atoms with Gasteiger partial charge in [-0.2, -0.15) is 0 Å². The van der Waals surface area contributed by atoms with Crippen LogP contribution in [0.25, 0.3) is 0 Å². The van der Waals surface area contributed by atoms with E-state index in [-0.39, 0.29) is 0 Å². The van der Waals surface area contributed by atoms with Gasteiger partial charge in [0.15, 0.2) is 0 Å². The smallest absolute Gasteiger partial charge is 0.134 e. The van der Waals surface area contributed by atoms with Gasteiger partial charge >= 0.3 is 0 Å². The summed E-state index contributed by atoms with van der Waals surface area (Å²) in [6.07, 6.45) is 4.01. The van der Waals surface area contributed by atoms with Crippen LogP contribution in [0.4, 0.5) is 11.6 Å². The van der Waals surface area contributed by atoms with Crippen LogP contribution in [0.3, 0.4) is 0 Å². The molecule has 0 fully saturated rings. The predicted octanol–water partition coefficient (Wildman–Crippen LogP) is 3.23. The van der Waals surface area contributed by atoms with Crippen LogP contribution >= 0.6 is 0 Å². The zero-order valence-electron chi connectivity index (χ0n) is 12.4. The molecule has 0 spiro atoms. The number of unbranched alkanes of at least 4 members (excludes halogenated alkanes) is 1. The monoisotopic (exact) mass is 274 g/mol.